The van der Waals surface area contributed by atoms with Gasteiger partial charge in [0.25, 0.3) is 0 Å². The van der Waals surface area contributed by atoms with Crippen molar-refractivity contribution in [3.63, 3.8) is 0 Å². The van der Waals surface area contributed by atoms with Crippen LogP contribution in [0.5, 0.6) is 0 Å². The molecule has 0 amide bonds. The van der Waals surface area contributed by atoms with E-state index in [1.807, 2.05) is 0 Å². The van der Waals surface area contributed by atoms with E-state index in [4.69, 9.17) is 0 Å². The van der Waals surface area contributed by atoms with Gasteiger partial charge in [0.05, 0.1) is 0 Å². The smallest absolute Gasteiger partial charge is 0.0172 e. The Bertz CT molecular complexity index is 292. The summed E-state index contributed by atoms with van der Waals surface area (Å²) in [6.07, 6.45) is 4.79. The molecular weight excluding hydrogens is 244 g/mol. The molecule has 0 rings (SSSR count). The van der Waals surface area contributed by atoms with Crippen LogP contribution in [0, 0.1) is 11.8 Å². The van der Waals surface area contributed by atoms with Crippen LogP contribution in [0.3, 0.4) is 0 Å². The predicted octanol–water partition coefficient (Wildman–Crippen LogP) is 4.75. The SMILES string of the molecule is C=C(CCC(C)C)N(C)CCCCN(C)C(=C)C(C)C. The normalized spacial score (nSPS) is 11.0. The third-order valence-electron chi connectivity index (χ3n) is 3.94. The molecule has 0 aliphatic heterocycles. The fourth-order valence-electron chi connectivity index (χ4n) is 2.09. The molecule has 0 aromatic heterocycles. The van der Waals surface area contributed by atoms with Crippen molar-refractivity contribution in [2.24, 2.45) is 11.8 Å². The van der Waals surface area contributed by atoms with Crippen molar-refractivity contribution < 1.29 is 0 Å². The average molecular weight is 280 g/mol. The molecule has 0 unspecified atom stereocenters. The molecule has 0 radical (unpaired) electrons. The molecule has 0 N–H and O–H groups in total. The van der Waals surface area contributed by atoms with Crippen molar-refractivity contribution in [3.8, 4) is 0 Å². The Labute approximate surface area is 127 Å². The van der Waals surface area contributed by atoms with Crippen LogP contribution in [-0.4, -0.2) is 37.0 Å². The minimum Gasteiger partial charge on any atom is -0.378 e. The van der Waals surface area contributed by atoms with E-state index < -0.39 is 0 Å². The molecule has 0 heterocycles. The lowest BCUT2D eigenvalue weighted by atomic mass is 10.1. The molecule has 20 heavy (non-hydrogen) atoms. The fraction of sp³-hybridized carbons (Fsp3) is 0.778. The van der Waals surface area contributed by atoms with Gasteiger partial charge in [-0.25, -0.2) is 0 Å². The molecule has 0 aromatic carbocycles. The molecule has 0 saturated carbocycles. The van der Waals surface area contributed by atoms with Crippen LogP contribution in [0.2, 0.25) is 0 Å². The first-order valence-corrected chi connectivity index (χ1v) is 8.04. The molecule has 0 aromatic rings. The van der Waals surface area contributed by atoms with Crippen molar-refractivity contribution in [3.05, 3.63) is 24.6 Å². The molecule has 118 valence electrons. The maximum absolute atomic E-state index is 4.19. The van der Waals surface area contributed by atoms with Crippen LogP contribution in [-0.2, 0) is 0 Å². The lowest BCUT2D eigenvalue weighted by Gasteiger charge is -2.26. The Morgan fingerprint density at radius 1 is 0.900 bits per heavy atom. The lowest BCUT2D eigenvalue weighted by Crippen LogP contribution is -2.23. The number of rotatable bonds is 11. The Morgan fingerprint density at radius 3 is 1.85 bits per heavy atom. The van der Waals surface area contributed by atoms with Gasteiger partial charge >= 0.3 is 0 Å². The van der Waals surface area contributed by atoms with Gasteiger partial charge in [-0.15, -0.1) is 0 Å². The first kappa shape index (κ1) is 19.1. The van der Waals surface area contributed by atoms with E-state index in [-0.39, 0.29) is 0 Å². The number of hydrogen-bond donors (Lipinski definition) is 0. The monoisotopic (exact) mass is 280 g/mol. The minimum atomic E-state index is 0.540. The van der Waals surface area contributed by atoms with Gasteiger partial charge in [0.2, 0.25) is 0 Å². The standard InChI is InChI=1S/C18H36N2/c1-15(2)11-12-17(5)19(7)13-9-10-14-20(8)18(6)16(3)4/h15-16H,5-6,9-14H2,1-4,7-8H3. The maximum atomic E-state index is 4.19. The summed E-state index contributed by atoms with van der Waals surface area (Å²) in [7, 11) is 4.31. The second kappa shape index (κ2) is 9.90. The summed E-state index contributed by atoms with van der Waals surface area (Å²) >= 11 is 0. The highest BCUT2D eigenvalue weighted by Crippen LogP contribution is 2.14. The minimum absolute atomic E-state index is 0.540. The summed E-state index contributed by atoms with van der Waals surface area (Å²) < 4.78 is 0. The Kier molecular flexibility index (Phi) is 9.45. The highest BCUT2D eigenvalue weighted by atomic mass is 15.1. The second-order valence-electron chi connectivity index (χ2n) is 6.70. The largest absolute Gasteiger partial charge is 0.378 e. The molecule has 0 bridgehead atoms. The summed E-state index contributed by atoms with van der Waals surface area (Å²) in [6, 6.07) is 0. The predicted molar refractivity (Wildman–Crippen MR) is 91.7 cm³/mol. The number of hydrogen-bond acceptors (Lipinski definition) is 2. The van der Waals surface area contributed by atoms with Crippen LogP contribution >= 0.6 is 0 Å². The molecule has 0 fully saturated rings. The summed E-state index contributed by atoms with van der Waals surface area (Å²) in [5.74, 6) is 1.30. The summed E-state index contributed by atoms with van der Waals surface area (Å²) in [5, 5.41) is 0. The third kappa shape index (κ3) is 8.29. The van der Waals surface area contributed by atoms with Gasteiger partial charge in [-0.05, 0) is 37.5 Å². The van der Waals surface area contributed by atoms with Crippen LogP contribution in [0.1, 0.15) is 53.4 Å². The van der Waals surface area contributed by atoms with E-state index in [9.17, 15) is 0 Å². The molecule has 2 heteroatoms. The highest BCUT2D eigenvalue weighted by Gasteiger charge is 2.07. The van der Waals surface area contributed by atoms with Crippen LogP contribution in [0.25, 0.3) is 0 Å². The molecule has 0 aliphatic rings. The van der Waals surface area contributed by atoms with Crippen molar-refractivity contribution in [1.82, 2.24) is 9.80 Å². The zero-order valence-corrected chi connectivity index (χ0v) is 14.7. The van der Waals surface area contributed by atoms with E-state index in [2.05, 4.69) is 64.7 Å². The summed E-state index contributed by atoms with van der Waals surface area (Å²) in [6.45, 7) is 19.5. The molecular formula is C18H36N2. The van der Waals surface area contributed by atoms with Gasteiger partial charge in [0.15, 0.2) is 0 Å². The van der Waals surface area contributed by atoms with Gasteiger partial charge in [-0.2, -0.15) is 0 Å². The van der Waals surface area contributed by atoms with Crippen molar-refractivity contribution in [1.29, 1.82) is 0 Å². The van der Waals surface area contributed by atoms with Gasteiger partial charge in [0.1, 0.15) is 0 Å². The van der Waals surface area contributed by atoms with Crippen LogP contribution < -0.4 is 0 Å². The number of allylic oxidation sites excluding steroid dienone is 2. The first-order chi connectivity index (χ1) is 9.25. The molecule has 0 saturated heterocycles. The van der Waals surface area contributed by atoms with Gasteiger partial charge in [-0.3, -0.25) is 0 Å². The van der Waals surface area contributed by atoms with E-state index >= 15 is 0 Å². The van der Waals surface area contributed by atoms with Gasteiger partial charge in [0, 0.05) is 38.6 Å². The van der Waals surface area contributed by atoms with Gasteiger partial charge in [-0.1, -0.05) is 40.9 Å². The zero-order chi connectivity index (χ0) is 15.7. The topological polar surface area (TPSA) is 6.48 Å². The van der Waals surface area contributed by atoms with Crippen molar-refractivity contribution in [2.45, 2.75) is 53.4 Å². The molecule has 0 atom stereocenters. The molecule has 2 nitrogen and oxygen atoms in total. The average Bonchev–Trinajstić information content (AvgIpc) is 2.38. The Morgan fingerprint density at radius 2 is 1.40 bits per heavy atom. The third-order valence-corrected chi connectivity index (χ3v) is 3.94. The van der Waals surface area contributed by atoms with Gasteiger partial charge < -0.3 is 9.80 Å². The lowest BCUT2D eigenvalue weighted by molar-refractivity contribution is 0.337. The number of unbranched alkanes of at least 4 members (excludes halogenated alkanes) is 1. The number of nitrogens with zero attached hydrogens (tertiary/aromatic N) is 2. The van der Waals surface area contributed by atoms with E-state index in [1.165, 1.54) is 30.7 Å². The quantitative estimate of drug-likeness (QED) is 0.504. The molecule has 0 aliphatic carbocycles. The highest BCUT2D eigenvalue weighted by molar-refractivity contribution is 4.95. The van der Waals surface area contributed by atoms with Crippen LogP contribution in [0.15, 0.2) is 24.6 Å². The first-order valence-electron chi connectivity index (χ1n) is 8.04. The van der Waals surface area contributed by atoms with Crippen molar-refractivity contribution >= 4 is 0 Å². The second-order valence-corrected chi connectivity index (χ2v) is 6.70. The van der Waals surface area contributed by atoms with Crippen LogP contribution in [0.4, 0.5) is 0 Å². The maximum Gasteiger partial charge on any atom is 0.0172 e. The fourth-order valence-corrected chi connectivity index (χ4v) is 2.09. The Balaban J connectivity index is 3.78. The van der Waals surface area contributed by atoms with E-state index in [0.29, 0.717) is 5.92 Å². The zero-order valence-electron chi connectivity index (χ0n) is 14.7. The van der Waals surface area contributed by atoms with Crippen molar-refractivity contribution in [2.75, 3.05) is 27.2 Å². The summed E-state index contributed by atoms with van der Waals surface area (Å²) in [4.78, 5) is 4.61. The molecule has 0 spiro atoms. The Hall–Kier alpha value is -0.920. The summed E-state index contributed by atoms with van der Waals surface area (Å²) in [5.41, 5.74) is 2.51. The van der Waals surface area contributed by atoms with E-state index in [0.717, 1.165) is 25.4 Å². The van der Waals surface area contributed by atoms with E-state index in [1.54, 1.807) is 0 Å².